The third-order valence-electron chi connectivity index (χ3n) is 3.03. The van der Waals surface area contributed by atoms with Gasteiger partial charge in [-0.3, -0.25) is 0 Å². The Morgan fingerprint density at radius 2 is 1.81 bits per heavy atom. The number of sulfonamides is 1. The van der Waals surface area contributed by atoms with Crippen LogP contribution in [0.1, 0.15) is 18.5 Å². The molecule has 0 aliphatic rings. The van der Waals surface area contributed by atoms with Crippen LogP contribution in [0.15, 0.2) is 47.4 Å². The van der Waals surface area contributed by atoms with Gasteiger partial charge in [0.1, 0.15) is 0 Å². The molecule has 112 valence electrons. The predicted octanol–water partition coefficient (Wildman–Crippen LogP) is 3.30. The molecule has 0 radical (unpaired) electrons. The third kappa shape index (κ3) is 3.72. The Balaban J connectivity index is 2.21. The summed E-state index contributed by atoms with van der Waals surface area (Å²) in [5, 5.41) is 8.06. The molecule has 0 bridgehead atoms. The molecular formula is C14H14ClFN2O2S. The SMILES string of the molecule is CC(Nc1cccc(Cl)c1F)c1ccc(S(N)(=O)=O)cc1. The van der Waals surface area contributed by atoms with Crippen LogP contribution in [0.25, 0.3) is 0 Å². The second-order valence-electron chi connectivity index (χ2n) is 4.58. The van der Waals surface area contributed by atoms with Gasteiger partial charge in [-0.25, -0.2) is 17.9 Å². The number of nitrogens with one attached hydrogen (secondary N) is 1. The van der Waals surface area contributed by atoms with Crippen LogP contribution in [0, 0.1) is 5.82 Å². The maximum atomic E-state index is 13.8. The maximum absolute atomic E-state index is 13.8. The first-order valence-electron chi connectivity index (χ1n) is 6.12. The van der Waals surface area contributed by atoms with Crippen molar-refractivity contribution in [2.75, 3.05) is 5.32 Å². The van der Waals surface area contributed by atoms with Crippen molar-refractivity contribution in [1.29, 1.82) is 0 Å². The molecule has 0 aromatic heterocycles. The lowest BCUT2D eigenvalue weighted by molar-refractivity contribution is 0.597. The molecular weight excluding hydrogens is 315 g/mol. The number of hydrogen-bond donors (Lipinski definition) is 2. The largest absolute Gasteiger partial charge is 0.376 e. The fourth-order valence-electron chi connectivity index (χ4n) is 1.88. The van der Waals surface area contributed by atoms with E-state index < -0.39 is 15.8 Å². The highest BCUT2D eigenvalue weighted by Crippen LogP contribution is 2.26. The first-order chi connectivity index (χ1) is 9.79. The summed E-state index contributed by atoms with van der Waals surface area (Å²) < 4.78 is 36.2. The zero-order valence-corrected chi connectivity index (χ0v) is 12.7. The molecule has 2 rings (SSSR count). The van der Waals surface area contributed by atoms with Crippen LogP contribution < -0.4 is 10.5 Å². The van der Waals surface area contributed by atoms with Crippen LogP contribution in [-0.4, -0.2) is 8.42 Å². The Morgan fingerprint density at radius 3 is 2.38 bits per heavy atom. The fourth-order valence-corrected chi connectivity index (χ4v) is 2.57. The molecule has 2 aromatic carbocycles. The lowest BCUT2D eigenvalue weighted by Crippen LogP contribution is -2.13. The highest BCUT2D eigenvalue weighted by atomic mass is 35.5. The van der Waals surface area contributed by atoms with Crippen LogP contribution in [-0.2, 0) is 10.0 Å². The van der Waals surface area contributed by atoms with Crippen molar-refractivity contribution in [2.24, 2.45) is 5.14 Å². The minimum absolute atomic E-state index is 0.0346. The zero-order chi connectivity index (χ0) is 15.6. The Hall–Kier alpha value is -1.63. The number of benzene rings is 2. The van der Waals surface area contributed by atoms with Crippen molar-refractivity contribution in [1.82, 2.24) is 0 Å². The molecule has 2 aromatic rings. The molecule has 0 aliphatic heterocycles. The Labute approximate surface area is 127 Å². The molecule has 0 aliphatic carbocycles. The van der Waals surface area contributed by atoms with Crippen LogP contribution in [0.3, 0.4) is 0 Å². The van der Waals surface area contributed by atoms with E-state index in [9.17, 15) is 12.8 Å². The van der Waals surface area contributed by atoms with Gasteiger partial charge in [-0.05, 0) is 36.8 Å². The standard InChI is InChI=1S/C14H14ClFN2O2S/c1-9(18-13-4-2-3-12(15)14(13)16)10-5-7-11(8-6-10)21(17,19)20/h2-9,18H,1H3,(H2,17,19,20). The first kappa shape index (κ1) is 15.8. The van der Waals surface area contributed by atoms with E-state index in [0.717, 1.165) is 5.56 Å². The molecule has 1 atom stereocenters. The van der Waals surface area contributed by atoms with Crippen LogP contribution >= 0.6 is 11.6 Å². The van der Waals surface area contributed by atoms with Gasteiger partial charge >= 0.3 is 0 Å². The van der Waals surface area contributed by atoms with Gasteiger partial charge in [-0.15, -0.1) is 0 Å². The summed E-state index contributed by atoms with van der Waals surface area (Å²) in [6.45, 7) is 1.83. The molecule has 21 heavy (non-hydrogen) atoms. The van der Waals surface area contributed by atoms with Gasteiger partial charge in [0, 0.05) is 6.04 Å². The van der Waals surface area contributed by atoms with Gasteiger partial charge in [-0.2, -0.15) is 0 Å². The maximum Gasteiger partial charge on any atom is 0.238 e. The normalized spacial score (nSPS) is 13.0. The molecule has 0 fully saturated rings. The van der Waals surface area contributed by atoms with Crippen molar-refractivity contribution >= 4 is 27.3 Å². The fraction of sp³-hybridized carbons (Fsp3) is 0.143. The summed E-state index contributed by atoms with van der Waals surface area (Å²) in [5.74, 6) is -0.521. The van der Waals surface area contributed by atoms with Crippen molar-refractivity contribution in [3.05, 3.63) is 58.9 Å². The second kappa shape index (κ2) is 6.01. The first-order valence-corrected chi connectivity index (χ1v) is 8.05. The van der Waals surface area contributed by atoms with Crippen molar-refractivity contribution < 1.29 is 12.8 Å². The number of nitrogens with two attached hydrogens (primary N) is 1. The van der Waals surface area contributed by atoms with E-state index >= 15 is 0 Å². The van der Waals surface area contributed by atoms with Crippen molar-refractivity contribution in [3.8, 4) is 0 Å². The van der Waals surface area contributed by atoms with Crippen LogP contribution in [0.2, 0.25) is 5.02 Å². The third-order valence-corrected chi connectivity index (χ3v) is 4.25. The highest BCUT2D eigenvalue weighted by Gasteiger charge is 2.12. The van der Waals surface area contributed by atoms with Gasteiger partial charge in [0.25, 0.3) is 0 Å². The molecule has 7 heteroatoms. The summed E-state index contributed by atoms with van der Waals surface area (Å²) in [6.07, 6.45) is 0. The van der Waals surface area contributed by atoms with E-state index in [-0.39, 0.29) is 21.6 Å². The number of anilines is 1. The van der Waals surface area contributed by atoms with Crippen molar-refractivity contribution in [2.45, 2.75) is 17.9 Å². The van der Waals surface area contributed by atoms with Gasteiger partial charge in [-0.1, -0.05) is 29.8 Å². The number of halogens is 2. The summed E-state index contributed by atoms with van der Waals surface area (Å²) in [7, 11) is -3.71. The molecule has 1 unspecified atom stereocenters. The lowest BCUT2D eigenvalue weighted by atomic mass is 10.1. The van der Waals surface area contributed by atoms with E-state index in [1.54, 1.807) is 24.3 Å². The zero-order valence-electron chi connectivity index (χ0n) is 11.2. The number of primary sulfonamides is 1. The molecule has 4 nitrogen and oxygen atoms in total. The monoisotopic (exact) mass is 328 g/mol. The minimum atomic E-state index is -3.71. The minimum Gasteiger partial charge on any atom is -0.376 e. The topological polar surface area (TPSA) is 72.2 Å². The van der Waals surface area contributed by atoms with Gasteiger partial charge in [0.05, 0.1) is 15.6 Å². The molecule has 0 saturated carbocycles. The second-order valence-corrected chi connectivity index (χ2v) is 6.55. The summed E-state index contributed by atoms with van der Waals surface area (Å²) in [5.41, 5.74) is 1.08. The smallest absolute Gasteiger partial charge is 0.238 e. The molecule has 0 saturated heterocycles. The molecule has 0 heterocycles. The molecule has 0 amide bonds. The van der Waals surface area contributed by atoms with Crippen LogP contribution in [0.4, 0.5) is 10.1 Å². The predicted molar refractivity (Wildman–Crippen MR) is 81.3 cm³/mol. The Morgan fingerprint density at radius 1 is 1.19 bits per heavy atom. The summed E-state index contributed by atoms with van der Waals surface area (Å²) >= 11 is 5.72. The highest BCUT2D eigenvalue weighted by molar-refractivity contribution is 7.89. The molecule has 3 N–H and O–H groups in total. The van der Waals surface area contributed by atoms with E-state index in [1.165, 1.54) is 18.2 Å². The number of rotatable bonds is 4. The average Bonchev–Trinajstić information content (AvgIpc) is 2.43. The molecule has 0 spiro atoms. The van der Waals surface area contributed by atoms with E-state index in [0.29, 0.717) is 0 Å². The van der Waals surface area contributed by atoms with E-state index in [1.807, 2.05) is 6.92 Å². The Bertz CT molecular complexity index is 748. The average molecular weight is 329 g/mol. The van der Waals surface area contributed by atoms with E-state index in [2.05, 4.69) is 5.32 Å². The van der Waals surface area contributed by atoms with E-state index in [4.69, 9.17) is 16.7 Å². The summed E-state index contributed by atoms with van der Waals surface area (Å²) in [4.78, 5) is 0.0346. The number of hydrogen-bond acceptors (Lipinski definition) is 3. The summed E-state index contributed by atoms with van der Waals surface area (Å²) in [6, 6.07) is 10.5. The van der Waals surface area contributed by atoms with Crippen molar-refractivity contribution in [3.63, 3.8) is 0 Å². The quantitative estimate of drug-likeness (QED) is 0.904. The van der Waals surface area contributed by atoms with Crippen LogP contribution in [0.5, 0.6) is 0 Å². The lowest BCUT2D eigenvalue weighted by Gasteiger charge is -2.17. The van der Waals surface area contributed by atoms with Gasteiger partial charge in [0.2, 0.25) is 10.0 Å². The Kier molecular flexibility index (Phi) is 4.51. The van der Waals surface area contributed by atoms with Gasteiger partial charge in [0.15, 0.2) is 5.82 Å². The van der Waals surface area contributed by atoms with Gasteiger partial charge < -0.3 is 5.32 Å².